The average Bonchev–Trinajstić information content (AvgIpc) is 3.11. The normalized spacial score (nSPS) is 22.2. The van der Waals surface area contributed by atoms with E-state index in [2.05, 4.69) is 30.3 Å². The summed E-state index contributed by atoms with van der Waals surface area (Å²) in [5.41, 5.74) is 3.39. The summed E-state index contributed by atoms with van der Waals surface area (Å²) >= 11 is 0. The summed E-state index contributed by atoms with van der Waals surface area (Å²) in [7, 11) is 2.65. The van der Waals surface area contributed by atoms with Crippen molar-refractivity contribution in [2.75, 3.05) is 14.2 Å². The van der Waals surface area contributed by atoms with Gasteiger partial charge < -0.3 is 9.47 Å². The molecule has 2 aliphatic carbocycles. The van der Waals surface area contributed by atoms with Gasteiger partial charge in [-0.2, -0.15) is 0 Å². The van der Waals surface area contributed by atoms with Crippen LogP contribution >= 0.6 is 0 Å². The van der Waals surface area contributed by atoms with Gasteiger partial charge in [-0.05, 0) is 35.4 Å². The van der Waals surface area contributed by atoms with Crippen LogP contribution in [0.5, 0.6) is 0 Å². The van der Waals surface area contributed by atoms with Crippen LogP contribution in [0.1, 0.15) is 35.4 Å². The fourth-order valence-electron chi connectivity index (χ4n) is 4.75. The van der Waals surface area contributed by atoms with Crippen molar-refractivity contribution in [1.29, 1.82) is 0 Å². The molecule has 2 atom stereocenters. The summed E-state index contributed by atoms with van der Waals surface area (Å²) in [6, 6.07) is 18.6. The maximum Gasteiger partial charge on any atom is 0.323 e. The maximum absolute atomic E-state index is 12.6. The van der Waals surface area contributed by atoms with Crippen molar-refractivity contribution in [2.24, 2.45) is 11.3 Å². The van der Waals surface area contributed by atoms with E-state index < -0.39 is 17.4 Å². The molecular formula is C23H22O4. The lowest BCUT2D eigenvalue weighted by atomic mass is 9.72. The van der Waals surface area contributed by atoms with Crippen LogP contribution in [0, 0.1) is 11.3 Å². The number of hydrogen-bond donors (Lipinski definition) is 0. The minimum atomic E-state index is -1.27. The molecule has 4 heteroatoms. The summed E-state index contributed by atoms with van der Waals surface area (Å²) in [6.07, 6.45) is 2.87. The second-order valence-electron chi connectivity index (χ2n) is 7.29. The van der Waals surface area contributed by atoms with E-state index in [1.807, 2.05) is 30.3 Å². The van der Waals surface area contributed by atoms with E-state index in [-0.39, 0.29) is 11.8 Å². The zero-order chi connectivity index (χ0) is 19.0. The van der Waals surface area contributed by atoms with E-state index in [4.69, 9.17) is 9.47 Å². The van der Waals surface area contributed by atoms with Gasteiger partial charge in [-0.3, -0.25) is 9.59 Å². The Morgan fingerprint density at radius 3 is 2.22 bits per heavy atom. The Morgan fingerprint density at radius 1 is 0.926 bits per heavy atom. The van der Waals surface area contributed by atoms with Crippen molar-refractivity contribution in [3.05, 3.63) is 76.9 Å². The van der Waals surface area contributed by atoms with E-state index in [9.17, 15) is 9.59 Å². The van der Waals surface area contributed by atoms with Crippen molar-refractivity contribution in [2.45, 2.75) is 18.8 Å². The Hall–Kier alpha value is -2.88. The van der Waals surface area contributed by atoms with Gasteiger partial charge in [0.15, 0.2) is 5.41 Å². The molecule has 0 unspecified atom stereocenters. The number of fused-ring (bicyclic) bond motifs is 2. The van der Waals surface area contributed by atoms with Crippen LogP contribution in [-0.2, 0) is 19.1 Å². The van der Waals surface area contributed by atoms with Gasteiger partial charge in [0.2, 0.25) is 0 Å². The molecule has 1 saturated carbocycles. The number of allylic oxidation sites excluding steroid dienone is 1. The molecule has 1 fully saturated rings. The van der Waals surface area contributed by atoms with Crippen molar-refractivity contribution >= 4 is 18.0 Å². The predicted molar refractivity (Wildman–Crippen MR) is 102 cm³/mol. The number of hydrogen-bond acceptors (Lipinski definition) is 4. The quantitative estimate of drug-likeness (QED) is 0.613. The first-order chi connectivity index (χ1) is 13.1. The SMILES string of the molecule is COC(=O)C1(C(=O)OC)CC2=Cc3ccccc3[C@H](c3ccccc3)[C@H]2C1. The first kappa shape index (κ1) is 17.5. The fraction of sp³-hybridized carbons (Fsp3) is 0.304. The Kier molecular flexibility index (Phi) is 4.34. The van der Waals surface area contributed by atoms with Gasteiger partial charge >= 0.3 is 11.9 Å². The molecule has 4 rings (SSSR count). The minimum Gasteiger partial charge on any atom is -0.468 e. The smallest absolute Gasteiger partial charge is 0.323 e. The van der Waals surface area contributed by atoms with E-state index in [1.165, 1.54) is 25.3 Å². The molecule has 0 spiro atoms. The van der Waals surface area contributed by atoms with Gasteiger partial charge in [0.25, 0.3) is 0 Å². The van der Waals surface area contributed by atoms with Gasteiger partial charge in [0, 0.05) is 5.92 Å². The summed E-state index contributed by atoms with van der Waals surface area (Å²) in [5, 5.41) is 0. The molecule has 27 heavy (non-hydrogen) atoms. The highest BCUT2D eigenvalue weighted by molar-refractivity contribution is 6.01. The Bertz CT molecular complexity index is 897. The number of methoxy groups -OCH3 is 2. The van der Waals surface area contributed by atoms with Crippen LogP contribution in [0.2, 0.25) is 0 Å². The molecule has 0 N–H and O–H groups in total. The highest BCUT2D eigenvalue weighted by atomic mass is 16.5. The van der Waals surface area contributed by atoms with E-state index in [0.717, 1.165) is 11.1 Å². The standard InChI is InChI=1S/C23H22O4/c1-26-21(24)23(22(25)27-2)13-17-12-16-10-6-7-11-18(16)20(19(17)14-23)15-8-4-3-5-9-15/h3-12,19-20H,13-14H2,1-2H3/t19-,20-/m0/s1. The maximum atomic E-state index is 12.6. The molecule has 2 aromatic carbocycles. The largest absolute Gasteiger partial charge is 0.468 e. The first-order valence-electron chi connectivity index (χ1n) is 9.12. The highest BCUT2D eigenvalue weighted by Crippen LogP contribution is 2.56. The molecule has 0 saturated heterocycles. The Labute approximate surface area is 158 Å². The number of benzene rings is 2. The van der Waals surface area contributed by atoms with Gasteiger partial charge in [-0.25, -0.2) is 0 Å². The van der Waals surface area contributed by atoms with Crippen LogP contribution in [0.3, 0.4) is 0 Å². The molecule has 0 bridgehead atoms. The zero-order valence-corrected chi connectivity index (χ0v) is 15.5. The van der Waals surface area contributed by atoms with E-state index in [0.29, 0.717) is 12.8 Å². The molecule has 4 nitrogen and oxygen atoms in total. The van der Waals surface area contributed by atoms with E-state index in [1.54, 1.807) is 0 Å². The lowest BCUT2D eigenvalue weighted by Gasteiger charge is -2.31. The lowest BCUT2D eigenvalue weighted by molar-refractivity contribution is -0.168. The summed E-state index contributed by atoms with van der Waals surface area (Å²) in [6.45, 7) is 0. The average molecular weight is 362 g/mol. The van der Waals surface area contributed by atoms with Crippen LogP contribution in [0.25, 0.3) is 6.08 Å². The van der Waals surface area contributed by atoms with Crippen molar-refractivity contribution < 1.29 is 19.1 Å². The summed E-state index contributed by atoms with van der Waals surface area (Å²) < 4.78 is 10.0. The predicted octanol–water partition coefficient (Wildman–Crippen LogP) is 3.96. The molecule has 0 radical (unpaired) electrons. The monoisotopic (exact) mass is 362 g/mol. The molecule has 0 amide bonds. The molecule has 0 aliphatic heterocycles. The van der Waals surface area contributed by atoms with Crippen LogP contribution in [-0.4, -0.2) is 26.2 Å². The summed E-state index contributed by atoms with van der Waals surface area (Å²) in [4.78, 5) is 25.3. The van der Waals surface area contributed by atoms with E-state index >= 15 is 0 Å². The van der Waals surface area contributed by atoms with Gasteiger partial charge in [-0.15, -0.1) is 0 Å². The Morgan fingerprint density at radius 2 is 1.56 bits per heavy atom. The second kappa shape index (κ2) is 6.69. The lowest BCUT2D eigenvalue weighted by Crippen LogP contribution is -2.39. The number of carbonyl (C=O) groups excluding carboxylic acids is 2. The van der Waals surface area contributed by atoms with Crippen LogP contribution in [0.4, 0.5) is 0 Å². The topological polar surface area (TPSA) is 52.6 Å². The van der Waals surface area contributed by atoms with Crippen molar-refractivity contribution in [1.82, 2.24) is 0 Å². The molecule has 2 aliphatic rings. The molecular weight excluding hydrogens is 340 g/mol. The highest BCUT2D eigenvalue weighted by Gasteiger charge is 2.57. The summed E-state index contributed by atoms with van der Waals surface area (Å²) in [5.74, 6) is -0.875. The molecule has 138 valence electrons. The minimum absolute atomic E-state index is 0.0560. The first-order valence-corrected chi connectivity index (χ1v) is 9.12. The van der Waals surface area contributed by atoms with Crippen molar-refractivity contribution in [3.8, 4) is 0 Å². The zero-order valence-electron chi connectivity index (χ0n) is 15.5. The third-order valence-electron chi connectivity index (χ3n) is 5.94. The molecule has 2 aromatic rings. The van der Waals surface area contributed by atoms with Crippen molar-refractivity contribution in [3.63, 3.8) is 0 Å². The fourth-order valence-corrected chi connectivity index (χ4v) is 4.75. The Balaban J connectivity index is 1.86. The van der Waals surface area contributed by atoms with Crippen LogP contribution < -0.4 is 0 Å². The molecule has 0 aromatic heterocycles. The van der Waals surface area contributed by atoms with Gasteiger partial charge in [0.1, 0.15) is 0 Å². The second-order valence-corrected chi connectivity index (χ2v) is 7.29. The van der Waals surface area contributed by atoms with Gasteiger partial charge in [0.05, 0.1) is 14.2 Å². The molecule has 0 heterocycles. The number of ether oxygens (including phenoxy) is 2. The number of rotatable bonds is 3. The number of esters is 2. The van der Waals surface area contributed by atoms with Crippen LogP contribution in [0.15, 0.2) is 60.2 Å². The number of carbonyl (C=O) groups is 2. The third kappa shape index (κ3) is 2.67. The third-order valence-corrected chi connectivity index (χ3v) is 5.94. The van der Waals surface area contributed by atoms with Gasteiger partial charge in [-0.1, -0.05) is 66.2 Å².